The summed E-state index contributed by atoms with van der Waals surface area (Å²) in [7, 11) is 0. The first-order chi connectivity index (χ1) is 17.9. The third kappa shape index (κ3) is 4.84. The van der Waals surface area contributed by atoms with Gasteiger partial charge in [-0.2, -0.15) is 0 Å². The molecule has 184 valence electrons. The van der Waals surface area contributed by atoms with Gasteiger partial charge in [0.15, 0.2) is 24.7 Å². The minimum absolute atomic E-state index is 0.0235. The topological polar surface area (TPSA) is 105 Å². The van der Waals surface area contributed by atoms with Gasteiger partial charge in [-0.1, -0.05) is 42.5 Å². The number of carbonyl (C=O) groups excluding carboxylic acids is 3. The maximum atomic E-state index is 12.9. The Labute approximate surface area is 213 Å². The van der Waals surface area contributed by atoms with Gasteiger partial charge < -0.3 is 14.9 Å². The Morgan fingerprint density at radius 2 is 1.49 bits per heavy atom. The molecule has 0 bridgehead atoms. The van der Waals surface area contributed by atoms with Crippen molar-refractivity contribution < 1.29 is 33.9 Å². The van der Waals surface area contributed by atoms with Crippen molar-refractivity contribution in [3.8, 4) is 11.5 Å². The number of pyridine rings is 1. The molecule has 1 aliphatic rings. The van der Waals surface area contributed by atoms with Gasteiger partial charge in [-0.3, -0.25) is 9.59 Å². The van der Waals surface area contributed by atoms with Crippen molar-refractivity contribution in [2.75, 3.05) is 6.61 Å². The summed E-state index contributed by atoms with van der Waals surface area (Å²) in [6.45, 7) is 0.937. The number of aromatic nitrogens is 1. The average molecular weight is 495 g/mol. The molecule has 0 fully saturated rings. The lowest BCUT2D eigenvalue weighted by Crippen LogP contribution is -2.33. The van der Waals surface area contributed by atoms with Crippen LogP contribution in [-0.2, 0) is 17.7 Å². The summed E-state index contributed by atoms with van der Waals surface area (Å²) in [5.41, 5.74) is 1.84. The van der Waals surface area contributed by atoms with E-state index < -0.39 is 23.3 Å². The van der Waals surface area contributed by atoms with Crippen LogP contribution in [-0.4, -0.2) is 34.4 Å². The molecule has 0 amide bonds. The van der Waals surface area contributed by atoms with Gasteiger partial charge >= 0.3 is 5.97 Å². The van der Waals surface area contributed by atoms with Crippen LogP contribution in [0.25, 0.3) is 0 Å². The molecule has 1 heterocycles. The molecule has 3 aromatic carbocycles. The molecule has 0 atom stereocenters. The Bertz CT molecular complexity index is 1510. The van der Waals surface area contributed by atoms with Gasteiger partial charge in [0.1, 0.15) is 11.5 Å². The summed E-state index contributed by atoms with van der Waals surface area (Å²) in [6, 6.07) is 20.8. The number of rotatable bonds is 7. The predicted molar refractivity (Wildman–Crippen MR) is 134 cm³/mol. The Hall–Kier alpha value is -4.78. The number of hydrogen-bond donors (Lipinski definition) is 2. The van der Waals surface area contributed by atoms with Crippen molar-refractivity contribution in [1.29, 1.82) is 0 Å². The van der Waals surface area contributed by atoms with Crippen LogP contribution < -0.4 is 4.57 Å². The molecular formula is C30H24NO6+. The molecule has 0 spiro atoms. The summed E-state index contributed by atoms with van der Waals surface area (Å²) in [5, 5.41) is 20.5. The van der Waals surface area contributed by atoms with Gasteiger partial charge in [0, 0.05) is 28.8 Å². The van der Waals surface area contributed by atoms with E-state index in [1.807, 2.05) is 42.7 Å². The van der Waals surface area contributed by atoms with Crippen molar-refractivity contribution in [2.24, 2.45) is 0 Å². The van der Waals surface area contributed by atoms with Crippen molar-refractivity contribution >= 4 is 17.5 Å². The number of hydrogen-bond acceptors (Lipinski definition) is 6. The van der Waals surface area contributed by atoms with E-state index in [1.54, 1.807) is 0 Å². The number of ether oxygens (including phenoxy) is 1. The van der Waals surface area contributed by atoms with Gasteiger partial charge in [-0.05, 0) is 36.6 Å². The fraction of sp³-hybridized carbons (Fsp3) is 0.133. The second-order valence-electron chi connectivity index (χ2n) is 8.88. The molecule has 7 heteroatoms. The standard InChI is InChI=1S/C30H23NO6/c32-24-10-4-9-22-26(24)29(35)27-23(28(22)34)16-21(17-25(27)33)30(36)37-15-5-8-19-11-13-31(14-12-19)18-20-6-2-1-3-7-20/h1-4,6-7,9-14,16-17H,5,8,15,18H2,(H-,32,33,35)/p+1. The second-order valence-corrected chi connectivity index (χ2v) is 8.88. The summed E-state index contributed by atoms with van der Waals surface area (Å²) in [6.07, 6.45) is 5.33. The Morgan fingerprint density at radius 3 is 2.24 bits per heavy atom. The number of esters is 1. The van der Waals surface area contributed by atoms with E-state index in [-0.39, 0.29) is 40.2 Å². The lowest BCUT2D eigenvalue weighted by molar-refractivity contribution is -0.688. The lowest BCUT2D eigenvalue weighted by Gasteiger charge is -2.19. The highest BCUT2D eigenvalue weighted by Gasteiger charge is 2.35. The zero-order chi connectivity index (χ0) is 25.9. The van der Waals surface area contributed by atoms with Crippen LogP contribution in [0.1, 0.15) is 59.7 Å². The van der Waals surface area contributed by atoms with Crippen molar-refractivity contribution in [1.82, 2.24) is 0 Å². The van der Waals surface area contributed by atoms with Crippen LogP contribution in [0.3, 0.4) is 0 Å². The zero-order valence-electron chi connectivity index (χ0n) is 19.9. The molecule has 2 N–H and O–H groups in total. The van der Waals surface area contributed by atoms with E-state index in [2.05, 4.69) is 16.7 Å². The van der Waals surface area contributed by atoms with Gasteiger partial charge in [0.25, 0.3) is 0 Å². The number of benzene rings is 3. The number of carbonyl (C=O) groups is 3. The van der Waals surface area contributed by atoms with Crippen LogP contribution in [0.15, 0.2) is 85.2 Å². The van der Waals surface area contributed by atoms with E-state index in [4.69, 9.17) is 4.74 Å². The molecule has 0 saturated heterocycles. The zero-order valence-corrected chi connectivity index (χ0v) is 19.9. The van der Waals surface area contributed by atoms with E-state index >= 15 is 0 Å². The van der Waals surface area contributed by atoms with Crippen LogP contribution >= 0.6 is 0 Å². The highest BCUT2D eigenvalue weighted by molar-refractivity contribution is 6.30. The monoisotopic (exact) mass is 494 g/mol. The van der Waals surface area contributed by atoms with E-state index in [9.17, 15) is 24.6 Å². The third-order valence-electron chi connectivity index (χ3n) is 6.35. The molecule has 37 heavy (non-hydrogen) atoms. The summed E-state index contributed by atoms with van der Waals surface area (Å²) in [5.74, 6) is -2.78. The molecule has 0 radical (unpaired) electrons. The number of aryl methyl sites for hydroxylation is 1. The Balaban J connectivity index is 1.20. The van der Waals surface area contributed by atoms with Crippen molar-refractivity contribution in [3.63, 3.8) is 0 Å². The van der Waals surface area contributed by atoms with E-state index in [0.717, 1.165) is 18.2 Å². The van der Waals surface area contributed by atoms with Crippen LogP contribution in [0, 0.1) is 0 Å². The fourth-order valence-corrected chi connectivity index (χ4v) is 4.48. The number of phenols is 2. The molecule has 4 aromatic rings. The minimum atomic E-state index is -0.700. The van der Waals surface area contributed by atoms with Gasteiger partial charge in [-0.25, -0.2) is 9.36 Å². The maximum absolute atomic E-state index is 12.9. The third-order valence-corrected chi connectivity index (χ3v) is 6.35. The number of fused-ring (bicyclic) bond motifs is 2. The highest BCUT2D eigenvalue weighted by atomic mass is 16.5. The molecule has 0 aliphatic heterocycles. The van der Waals surface area contributed by atoms with Crippen LogP contribution in [0.2, 0.25) is 0 Å². The number of aromatic hydroxyl groups is 2. The molecule has 0 saturated carbocycles. The first-order valence-electron chi connectivity index (χ1n) is 11.9. The summed E-state index contributed by atoms with van der Waals surface area (Å²) < 4.78 is 7.45. The quantitative estimate of drug-likeness (QED) is 0.201. The first kappa shape index (κ1) is 23.9. The highest BCUT2D eigenvalue weighted by Crippen LogP contribution is 2.37. The van der Waals surface area contributed by atoms with Gasteiger partial charge in [-0.15, -0.1) is 0 Å². The Morgan fingerprint density at radius 1 is 0.757 bits per heavy atom. The van der Waals surface area contributed by atoms with Gasteiger partial charge in [0.05, 0.1) is 23.3 Å². The average Bonchev–Trinajstić information content (AvgIpc) is 2.90. The normalized spacial score (nSPS) is 12.1. The van der Waals surface area contributed by atoms with Gasteiger partial charge in [0.2, 0.25) is 5.78 Å². The number of nitrogens with zero attached hydrogens (tertiary/aromatic N) is 1. The fourth-order valence-electron chi connectivity index (χ4n) is 4.48. The molecule has 1 aliphatic carbocycles. The number of phenolic OH excluding ortho intramolecular Hbond substituents is 2. The SMILES string of the molecule is O=C(OCCCc1cc[n+](Cc2ccccc2)cc1)c1cc(O)c2c(c1)C(=O)c1cccc(O)c1C2=O. The van der Waals surface area contributed by atoms with Crippen LogP contribution in [0.5, 0.6) is 11.5 Å². The lowest BCUT2D eigenvalue weighted by atomic mass is 9.82. The largest absolute Gasteiger partial charge is 0.507 e. The molecule has 7 nitrogen and oxygen atoms in total. The van der Waals surface area contributed by atoms with Crippen LogP contribution in [0.4, 0.5) is 0 Å². The minimum Gasteiger partial charge on any atom is -0.507 e. The molecule has 5 rings (SSSR count). The molecular weight excluding hydrogens is 470 g/mol. The smallest absolute Gasteiger partial charge is 0.338 e. The van der Waals surface area contributed by atoms with E-state index in [1.165, 1.54) is 29.8 Å². The van der Waals surface area contributed by atoms with Crippen molar-refractivity contribution in [2.45, 2.75) is 19.4 Å². The van der Waals surface area contributed by atoms with Crippen molar-refractivity contribution in [3.05, 3.63) is 124 Å². The molecule has 0 unspecified atom stereocenters. The first-order valence-corrected chi connectivity index (χ1v) is 11.9. The predicted octanol–water partition coefficient (Wildman–Crippen LogP) is 4.00. The summed E-state index contributed by atoms with van der Waals surface area (Å²) >= 11 is 0. The molecule has 1 aromatic heterocycles. The maximum Gasteiger partial charge on any atom is 0.338 e. The summed E-state index contributed by atoms with van der Waals surface area (Å²) in [4.78, 5) is 38.4. The van der Waals surface area contributed by atoms with E-state index in [0.29, 0.717) is 12.8 Å². The number of ketones is 2. The Kier molecular flexibility index (Phi) is 6.51. The second kappa shape index (κ2) is 10.1.